The zero-order valence-corrected chi connectivity index (χ0v) is 12.9. The predicted molar refractivity (Wildman–Crippen MR) is 81.7 cm³/mol. The number of primary amides is 1. The number of aliphatic hydroxyl groups excluding tert-OH is 1. The van der Waals surface area contributed by atoms with Crippen LogP contribution in [-0.4, -0.2) is 18.1 Å². The number of aliphatic hydroxyl groups is 1. The van der Waals surface area contributed by atoms with Crippen LogP contribution in [0, 0.1) is 0 Å². The van der Waals surface area contributed by atoms with Gasteiger partial charge < -0.3 is 20.3 Å². The van der Waals surface area contributed by atoms with E-state index < -0.39 is 5.91 Å². The molecule has 5 nitrogen and oxygen atoms in total. The number of hydrogen-bond acceptors (Lipinski definition) is 4. The Balaban J connectivity index is 2.40. The minimum atomic E-state index is -0.586. The fraction of sp³-hybridized carbons (Fsp3) is 0.133. The number of hydrogen-bond donors (Lipinski definition) is 2. The molecular formula is C15H14BrNO4. The minimum absolute atomic E-state index is 0.0958. The summed E-state index contributed by atoms with van der Waals surface area (Å²) in [5.41, 5.74) is 6.31. The fourth-order valence-corrected chi connectivity index (χ4v) is 2.16. The molecule has 0 radical (unpaired) electrons. The molecule has 0 aliphatic heterocycles. The van der Waals surface area contributed by atoms with E-state index in [1.165, 1.54) is 7.11 Å². The van der Waals surface area contributed by atoms with E-state index in [9.17, 15) is 4.79 Å². The van der Waals surface area contributed by atoms with Gasteiger partial charge in [-0.15, -0.1) is 0 Å². The van der Waals surface area contributed by atoms with Crippen molar-refractivity contribution in [3.05, 3.63) is 52.0 Å². The van der Waals surface area contributed by atoms with E-state index in [0.29, 0.717) is 22.8 Å². The normalized spacial score (nSPS) is 10.2. The molecule has 0 saturated carbocycles. The highest BCUT2D eigenvalue weighted by Gasteiger charge is 2.13. The second kappa shape index (κ2) is 6.60. The van der Waals surface area contributed by atoms with E-state index in [2.05, 4.69) is 15.9 Å². The highest BCUT2D eigenvalue weighted by molar-refractivity contribution is 9.10. The molecule has 110 valence electrons. The van der Waals surface area contributed by atoms with E-state index in [4.69, 9.17) is 20.3 Å². The molecular weight excluding hydrogens is 338 g/mol. The van der Waals surface area contributed by atoms with Crippen molar-refractivity contribution >= 4 is 21.8 Å². The maximum atomic E-state index is 11.5. The molecule has 0 aromatic heterocycles. The van der Waals surface area contributed by atoms with Gasteiger partial charge in [0.25, 0.3) is 5.91 Å². The van der Waals surface area contributed by atoms with Gasteiger partial charge in [-0.25, -0.2) is 0 Å². The Bertz CT molecular complexity index is 673. The highest BCUT2D eigenvalue weighted by atomic mass is 79.9. The number of ether oxygens (including phenoxy) is 2. The summed E-state index contributed by atoms with van der Waals surface area (Å²) in [7, 11) is 1.50. The lowest BCUT2D eigenvalue weighted by atomic mass is 10.2. The summed E-state index contributed by atoms with van der Waals surface area (Å²) in [4.78, 5) is 11.5. The molecule has 2 aromatic rings. The van der Waals surface area contributed by atoms with Gasteiger partial charge in [0.2, 0.25) is 0 Å². The molecule has 0 unspecified atom stereocenters. The van der Waals surface area contributed by atoms with Crippen LogP contribution in [0.3, 0.4) is 0 Å². The van der Waals surface area contributed by atoms with Gasteiger partial charge in [-0.3, -0.25) is 4.79 Å². The first-order valence-corrected chi connectivity index (χ1v) is 6.89. The van der Waals surface area contributed by atoms with Gasteiger partial charge in [-0.05, 0) is 35.9 Å². The number of methoxy groups -OCH3 is 1. The van der Waals surface area contributed by atoms with Crippen LogP contribution in [0.1, 0.15) is 15.9 Å². The third kappa shape index (κ3) is 3.53. The zero-order valence-electron chi connectivity index (χ0n) is 11.3. The average Bonchev–Trinajstić information content (AvgIpc) is 2.49. The average molecular weight is 352 g/mol. The van der Waals surface area contributed by atoms with Crippen molar-refractivity contribution in [2.24, 2.45) is 5.73 Å². The molecule has 21 heavy (non-hydrogen) atoms. The Morgan fingerprint density at radius 1 is 1.19 bits per heavy atom. The predicted octanol–water partition coefficient (Wildman–Crippen LogP) is 2.84. The van der Waals surface area contributed by atoms with Crippen LogP contribution in [0.15, 0.2) is 40.9 Å². The van der Waals surface area contributed by atoms with E-state index in [1.807, 2.05) is 0 Å². The van der Waals surface area contributed by atoms with Crippen molar-refractivity contribution < 1.29 is 19.4 Å². The summed E-state index contributed by atoms with van der Waals surface area (Å²) in [6.45, 7) is -0.0958. The number of halogens is 1. The number of amides is 1. The fourth-order valence-electron chi connectivity index (χ4n) is 1.80. The molecule has 2 aromatic carbocycles. The van der Waals surface area contributed by atoms with Crippen molar-refractivity contribution in [3.8, 4) is 17.2 Å². The quantitative estimate of drug-likeness (QED) is 0.867. The van der Waals surface area contributed by atoms with Crippen LogP contribution in [-0.2, 0) is 6.61 Å². The van der Waals surface area contributed by atoms with E-state index in [-0.39, 0.29) is 12.2 Å². The molecule has 0 bridgehead atoms. The van der Waals surface area contributed by atoms with Crippen LogP contribution < -0.4 is 15.2 Å². The van der Waals surface area contributed by atoms with Gasteiger partial charge in [0.15, 0.2) is 11.5 Å². The highest BCUT2D eigenvalue weighted by Crippen LogP contribution is 2.34. The molecule has 0 aliphatic carbocycles. The van der Waals surface area contributed by atoms with Crippen LogP contribution in [0.5, 0.6) is 17.2 Å². The molecule has 0 fully saturated rings. The Kier molecular flexibility index (Phi) is 4.82. The molecule has 0 spiro atoms. The van der Waals surface area contributed by atoms with E-state index >= 15 is 0 Å². The Labute approximate surface area is 130 Å². The molecule has 0 heterocycles. The molecule has 6 heteroatoms. The SMILES string of the molecule is COc1cc(CO)ccc1Oc1ccc(Br)cc1C(N)=O. The van der Waals surface area contributed by atoms with Crippen molar-refractivity contribution in [2.45, 2.75) is 6.61 Å². The monoisotopic (exact) mass is 351 g/mol. The van der Waals surface area contributed by atoms with Gasteiger partial charge in [-0.1, -0.05) is 22.0 Å². The van der Waals surface area contributed by atoms with Crippen LogP contribution >= 0.6 is 15.9 Å². The third-order valence-electron chi connectivity index (χ3n) is 2.84. The van der Waals surface area contributed by atoms with Crippen molar-refractivity contribution in [1.82, 2.24) is 0 Å². The molecule has 0 atom stereocenters. The summed E-state index contributed by atoms with van der Waals surface area (Å²) in [5, 5.41) is 9.12. The zero-order chi connectivity index (χ0) is 15.4. The third-order valence-corrected chi connectivity index (χ3v) is 3.33. The van der Waals surface area contributed by atoms with E-state index in [0.717, 1.165) is 4.47 Å². The number of carbonyl (C=O) groups excluding carboxylic acids is 1. The minimum Gasteiger partial charge on any atom is -0.493 e. The lowest BCUT2D eigenvalue weighted by Gasteiger charge is -2.13. The maximum absolute atomic E-state index is 11.5. The number of nitrogens with two attached hydrogens (primary N) is 1. The molecule has 0 aliphatic rings. The molecule has 3 N–H and O–H groups in total. The standard InChI is InChI=1S/C15H14BrNO4/c1-20-14-6-9(8-18)2-4-13(14)21-12-5-3-10(16)7-11(12)15(17)19/h2-7,18H,8H2,1H3,(H2,17,19). The first-order valence-electron chi connectivity index (χ1n) is 6.10. The summed E-state index contributed by atoms with van der Waals surface area (Å²) in [5.74, 6) is 0.636. The first kappa shape index (κ1) is 15.3. The number of benzene rings is 2. The molecule has 2 rings (SSSR count). The second-order valence-corrected chi connectivity index (χ2v) is 5.17. The Morgan fingerprint density at radius 2 is 1.90 bits per heavy atom. The van der Waals surface area contributed by atoms with Crippen molar-refractivity contribution in [1.29, 1.82) is 0 Å². The lowest BCUT2D eigenvalue weighted by molar-refractivity contribution is 0.0998. The van der Waals surface area contributed by atoms with Crippen LogP contribution in [0.4, 0.5) is 0 Å². The summed E-state index contributed by atoms with van der Waals surface area (Å²) < 4.78 is 11.7. The van der Waals surface area contributed by atoms with Gasteiger partial charge in [0.1, 0.15) is 5.75 Å². The lowest BCUT2D eigenvalue weighted by Crippen LogP contribution is -2.12. The van der Waals surface area contributed by atoms with Crippen molar-refractivity contribution in [2.75, 3.05) is 7.11 Å². The first-order chi connectivity index (χ1) is 10.0. The summed E-state index contributed by atoms with van der Waals surface area (Å²) in [6, 6.07) is 10.0. The maximum Gasteiger partial charge on any atom is 0.252 e. The van der Waals surface area contributed by atoms with Gasteiger partial charge >= 0.3 is 0 Å². The molecule has 0 saturated heterocycles. The molecule has 1 amide bonds. The number of rotatable bonds is 5. The van der Waals surface area contributed by atoms with Crippen molar-refractivity contribution in [3.63, 3.8) is 0 Å². The number of carbonyl (C=O) groups is 1. The van der Waals surface area contributed by atoms with E-state index in [1.54, 1.807) is 36.4 Å². The summed E-state index contributed by atoms with van der Waals surface area (Å²) in [6.07, 6.45) is 0. The Hall–Kier alpha value is -2.05. The van der Waals surface area contributed by atoms with Gasteiger partial charge in [-0.2, -0.15) is 0 Å². The summed E-state index contributed by atoms with van der Waals surface area (Å²) >= 11 is 3.28. The van der Waals surface area contributed by atoms with Gasteiger partial charge in [0.05, 0.1) is 19.3 Å². The van der Waals surface area contributed by atoms with Gasteiger partial charge in [0, 0.05) is 4.47 Å². The van der Waals surface area contributed by atoms with Crippen LogP contribution in [0.2, 0.25) is 0 Å². The topological polar surface area (TPSA) is 81.8 Å². The van der Waals surface area contributed by atoms with Crippen LogP contribution in [0.25, 0.3) is 0 Å². The largest absolute Gasteiger partial charge is 0.493 e. The smallest absolute Gasteiger partial charge is 0.252 e. The second-order valence-electron chi connectivity index (χ2n) is 4.25. The Morgan fingerprint density at radius 3 is 2.52 bits per heavy atom.